The summed E-state index contributed by atoms with van der Waals surface area (Å²) in [6, 6.07) is 1.76. The lowest BCUT2D eigenvalue weighted by Crippen LogP contribution is -2.28. The van der Waals surface area contributed by atoms with Crippen molar-refractivity contribution < 1.29 is 45.7 Å². The highest BCUT2D eigenvalue weighted by Crippen LogP contribution is 2.38. The zero-order valence-corrected chi connectivity index (χ0v) is 15.7. The molecule has 4 nitrogen and oxygen atoms in total. The van der Waals surface area contributed by atoms with E-state index in [4.69, 9.17) is 14.6 Å². The van der Waals surface area contributed by atoms with E-state index in [2.05, 4.69) is 4.74 Å². The van der Waals surface area contributed by atoms with Gasteiger partial charge in [0.05, 0.1) is 13.2 Å². The number of hydrogen-bond donors (Lipinski definition) is 1. The number of phenolic OH excluding ortho intramolecular Hbond substituents is 1. The van der Waals surface area contributed by atoms with Gasteiger partial charge in [0, 0.05) is 23.6 Å². The van der Waals surface area contributed by atoms with Crippen LogP contribution in [0.15, 0.2) is 24.3 Å². The van der Waals surface area contributed by atoms with Crippen molar-refractivity contribution in [2.75, 3.05) is 13.2 Å². The Morgan fingerprint density at radius 3 is 2.00 bits per heavy atom. The van der Waals surface area contributed by atoms with E-state index in [0.29, 0.717) is 25.3 Å². The number of ether oxygens (including phenoxy) is 3. The van der Waals surface area contributed by atoms with E-state index in [1.54, 1.807) is 0 Å². The van der Waals surface area contributed by atoms with Crippen molar-refractivity contribution in [2.45, 2.75) is 32.2 Å². The van der Waals surface area contributed by atoms with Gasteiger partial charge in [0.2, 0.25) is 0 Å². The van der Waals surface area contributed by atoms with Crippen molar-refractivity contribution in [1.82, 2.24) is 0 Å². The number of benzene rings is 2. The quantitative estimate of drug-likeness (QED) is 0.605. The summed E-state index contributed by atoms with van der Waals surface area (Å²) < 4.78 is 99.1. The fourth-order valence-electron chi connectivity index (χ4n) is 3.12. The van der Waals surface area contributed by atoms with Crippen molar-refractivity contribution in [1.29, 1.82) is 0 Å². The first kappa shape index (κ1) is 22.2. The summed E-state index contributed by atoms with van der Waals surface area (Å²) >= 11 is 0. The molecule has 0 unspecified atom stereocenters. The van der Waals surface area contributed by atoms with Crippen molar-refractivity contribution >= 4 is 0 Å². The van der Waals surface area contributed by atoms with Crippen LogP contribution in [-0.2, 0) is 15.6 Å². The zero-order valence-electron chi connectivity index (χ0n) is 15.7. The molecular weight excluding hydrogens is 418 g/mol. The zero-order chi connectivity index (χ0) is 22.1. The second-order valence-corrected chi connectivity index (χ2v) is 6.87. The Labute approximate surface area is 168 Å². The summed E-state index contributed by atoms with van der Waals surface area (Å²) in [5.41, 5.74) is -1.89. The average molecular weight is 436 g/mol. The molecule has 0 atom stereocenters. The van der Waals surface area contributed by atoms with Crippen LogP contribution in [0, 0.1) is 29.2 Å². The van der Waals surface area contributed by atoms with Crippen LogP contribution in [0.3, 0.4) is 0 Å². The molecule has 30 heavy (non-hydrogen) atoms. The van der Waals surface area contributed by atoms with E-state index in [1.165, 1.54) is 0 Å². The molecule has 0 aliphatic carbocycles. The number of rotatable bonds is 6. The van der Waals surface area contributed by atoms with Crippen LogP contribution in [0.25, 0.3) is 0 Å². The first-order valence-corrected chi connectivity index (χ1v) is 9.09. The summed E-state index contributed by atoms with van der Waals surface area (Å²) in [4.78, 5) is 0. The molecule has 0 saturated carbocycles. The standard InChI is InChI=1S/C20H18F6O4/c1-2-3-10-8-28-19(29-9-10)11-4-13(21)17(14(22)5-11)20(25,26)30-12-6-15(23)18(27)16(24)7-12/h4-7,10,19,27H,2-3,8-9H2,1H3. The van der Waals surface area contributed by atoms with Crippen molar-refractivity contribution in [3.8, 4) is 11.5 Å². The van der Waals surface area contributed by atoms with Gasteiger partial charge in [0.25, 0.3) is 0 Å². The topological polar surface area (TPSA) is 47.9 Å². The molecular formula is C20H18F6O4. The molecule has 1 saturated heterocycles. The molecule has 0 aromatic heterocycles. The second-order valence-electron chi connectivity index (χ2n) is 6.87. The number of phenols is 1. The van der Waals surface area contributed by atoms with Crippen LogP contribution >= 0.6 is 0 Å². The average Bonchev–Trinajstić information content (AvgIpc) is 2.65. The largest absolute Gasteiger partial charge is 0.503 e. The minimum atomic E-state index is -4.61. The van der Waals surface area contributed by atoms with Gasteiger partial charge in [0.15, 0.2) is 23.7 Å². The molecule has 164 valence electrons. The van der Waals surface area contributed by atoms with Gasteiger partial charge < -0.3 is 19.3 Å². The molecule has 10 heteroatoms. The molecule has 1 aliphatic heterocycles. The van der Waals surface area contributed by atoms with Crippen LogP contribution in [-0.4, -0.2) is 18.3 Å². The van der Waals surface area contributed by atoms with E-state index in [0.717, 1.165) is 12.8 Å². The van der Waals surface area contributed by atoms with Crippen LogP contribution in [0.1, 0.15) is 37.2 Å². The summed E-state index contributed by atoms with van der Waals surface area (Å²) in [6.07, 6.45) is -3.98. The minimum Gasteiger partial charge on any atom is -0.503 e. The third-order valence-electron chi connectivity index (χ3n) is 4.53. The smallest absolute Gasteiger partial charge is 0.432 e. The van der Waals surface area contributed by atoms with E-state index >= 15 is 0 Å². The summed E-state index contributed by atoms with van der Waals surface area (Å²) in [6.45, 7) is 2.57. The van der Waals surface area contributed by atoms with E-state index in [-0.39, 0.29) is 23.6 Å². The third kappa shape index (κ3) is 4.65. The Bertz CT molecular complexity index is 866. The maximum atomic E-state index is 14.4. The predicted molar refractivity (Wildman–Crippen MR) is 91.9 cm³/mol. The second kappa shape index (κ2) is 8.73. The van der Waals surface area contributed by atoms with Crippen molar-refractivity contribution in [3.05, 3.63) is 58.7 Å². The fraction of sp³-hybridized carbons (Fsp3) is 0.400. The summed E-state index contributed by atoms with van der Waals surface area (Å²) in [5.74, 6) is -8.81. The van der Waals surface area contributed by atoms with Crippen LogP contribution in [0.2, 0.25) is 0 Å². The van der Waals surface area contributed by atoms with Crippen molar-refractivity contribution in [2.24, 2.45) is 5.92 Å². The van der Waals surface area contributed by atoms with Crippen LogP contribution in [0.4, 0.5) is 26.3 Å². The van der Waals surface area contributed by atoms with Gasteiger partial charge in [-0.1, -0.05) is 13.3 Å². The Morgan fingerprint density at radius 1 is 0.967 bits per heavy atom. The van der Waals surface area contributed by atoms with Gasteiger partial charge in [0.1, 0.15) is 22.9 Å². The molecule has 1 fully saturated rings. The predicted octanol–water partition coefficient (Wildman–Crippen LogP) is 5.54. The van der Waals surface area contributed by atoms with Crippen LogP contribution < -0.4 is 4.74 Å². The maximum Gasteiger partial charge on any atom is 0.432 e. The van der Waals surface area contributed by atoms with E-state index in [1.807, 2.05) is 6.92 Å². The molecule has 2 aromatic carbocycles. The maximum absolute atomic E-state index is 14.4. The molecule has 1 heterocycles. The lowest BCUT2D eigenvalue weighted by Gasteiger charge is -2.30. The molecule has 2 aromatic rings. The minimum absolute atomic E-state index is 0.129. The molecule has 0 radical (unpaired) electrons. The van der Waals surface area contributed by atoms with Crippen LogP contribution in [0.5, 0.6) is 11.5 Å². The lowest BCUT2D eigenvalue weighted by molar-refractivity contribution is -0.206. The molecule has 0 bridgehead atoms. The molecule has 1 aliphatic rings. The molecule has 0 amide bonds. The normalized spacial score (nSPS) is 19.7. The SMILES string of the molecule is CCCC1COC(c2cc(F)c(C(F)(F)Oc3cc(F)c(O)c(F)c3)c(F)c2)OC1. The monoisotopic (exact) mass is 436 g/mol. The van der Waals surface area contributed by atoms with E-state index < -0.39 is 52.7 Å². The Morgan fingerprint density at radius 2 is 1.50 bits per heavy atom. The van der Waals surface area contributed by atoms with Gasteiger partial charge in [-0.15, -0.1) is 0 Å². The highest BCUT2D eigenvalue weighted by molar-refractivity contribution is 5.35. The summed E-state index contributed by atoms with van der Waals surface area (Å²) in [7, 11) is 0. The lowest BCUT2D eigenvalue weighted by atomic mass is 10.0. The number of halogens is 6. The van der Waals surface area contributed by atoms with E-state index in [9.17, 15) is 26.3 Å². The highest BCUT2D eigenvalue weighted by atomic mass is 19.3. The Hall–Kier alpha value is -2.46. The molecule has 3 rings (SSSR count). The van der Waals surface area contributed by atoms with Gasteiger partial charge in [-0.2, -0.15) is 8.78 Å². The highest BCUT2D eigenvalue weighted by Gasteiger charge is 2.42. The summed E-state index contributed by atoms with van der Waals surface area (Å²) in [5, 5.41) is 9.00. The Balaban J connectivity index is 1.82. The number of alkyl halides is 2. The fourth-order valence-corrected chi connectivity index (χ4v) is 3.12. The van der Waals surface area contributed by atoms with Gasteiger partial charge >= 0.3 is 6.11 Å². The van der Waals surface area contributed by atoms with Gasteiger partial charge in [-0.25, -0.2) is 17.6 Å². The first-order chi connectivity index (χ1) is 14.1. The third-order valence-corrected chi connectivity index (χ3v) is 4.53. The molecule has 1 N–H and O–H groups in total. The van der Waals surface area contributed by atoms with Gasteiger partial charge in [-0.3, -0.25) is 0 Å². The Kier molecular flexibility index (Phi) is 6.47. The van der Waals surface area contributed by atoms with Crippen molar-refractivity contribution in [3.63, 3.8) is 0 Å². The van der Waals surface area contributed by atoms with Gasteiger partial charge in [-0.05, 0) is 18.6 Å². The number of hydrogen-bond acceptors (Lipinski definition) is 4. The first-order valence-electron chi connectivity index (χ1n) is 9.09. The molecule has 0 spiro atoms. The number of aromatic hydroxyl groups is 1.